The van der Waals surface area contributed by atoms with E-state index in [1.54, 1.807) is 0 Å². The zero-order valence-electron chi connectivity index (χ0n) is 16.4. The molecule has 0 bridgehead atoms. The van der Waals surface area contributed by atoms with Gasteiger partial charge in [-0.05, 0) is 48.7 Å². The standard InChI is InChI=1S/C29H18O/c1-18-19-10-2-4-12-21(19)27(22-13-5-3-11-20(18)22)28-23-14-6-8-16-25(23)29(30)26-17-9-7-15-24(26)28/h2-17H,1H2. The second-order valence-electron chi connectivity index (χ2n) is 7.74. The van der Waals surface area contributed by atoms with Crippen LogP contribution in [0.5, 0.6) is 0 Å². The number of carbonyl (C=O) groups is 1. The van der Waals surface area contributed by atoms with Crippen molar-refractivity contribution < 1.29 is 4.79 Å². The second-order valence-corrected chi connectivity index (χ2v) is 7.74. The van der Waals surface area contributed by atoms with Gasteiger partial charge in [0.25, 0.3) is 0 Å². The van der Waals surface area contributed by atoms with E-state index in [2.05, 4.69) is 67.2 Å². The molecule has 0 heterocycles. The maximum Gasteiger partial charge on any atom is 0.194 e. The molecular weight excluding hydrogens is 364 g/mol. The fraction of sp³-hybridized carbons (Fsp3) is 0. The Morgan fingerprint density at radius 3 is 1.30 bits per heavy atom. The first-order valence-electron chi connectivity index (χ1n) is 10.1. The predicted octanol–water partition coefficient (Wildman–Crippen LogP) is 5.20. The summed E-state index contributed by atoms with van der Waals surface area (Å²) in [5.74, 6) is 0.0901. The summed E-state index contributed by atoms with van der Waals surface area (Å²) < 4.78 is 0. The van der Waals surface area contributed by atoms with Crippen LogP contribution in [0.25, 0.3) is 33.7 Å². The molecule has 1 aliphatic rings. The van der Waals surface area contributed by atoms with E-state index in [0.717, 1.165) is 54.6 Å². The summed E-state index contributed by atoms with van der Waals surface area (Å²) in [4.78, 5) is 13.2. The van der Waals surface area contributed by atoms with Crippen LogP contribution in [0.3, 0.4) is 0 Å². The topological polar surface area (TPSA) is 17.1 Å². The lowest BCUT2D eigenvalue weighted by Gasteiger charge is -2.23. The van der Waals surface area contributed by atoms with E-state index in [0.29, 0.717) is 0 Å². The highest BCUT2D eigenvalue weighted by molar-refractivity contribution is 6.20. The van der Waals surface area contributed by atoms with E-state index in [1.165, 1.54) is 5.22 Å². The molecule has 1 heteroatoms. The minimum atomic E-state index is 0.0901. The number of rotatable bonds is 0. The highest BCUT2D eigenvalue weighted by atomic mass is 16.1. The van der Waals surface area contributed by atoms with Gasteiger partial charge in [-0.25, -0.2) is 0 Å². The van der Waals surface area contributed by atoms with Gasteiger partial charge in [0.2, 0.25) is 0 Å². The SMILES string of the molecule is C=c1c2ccccc2c(=C2c3ccccc3C(=O)c3ccccc32)c2ccccc12. The van der Waals surface area contributed by atoms with E-state index < -0.39 is 0 Å². The fourth-order valence-electron chi connectivity index (χ4n) is 4.85. The van der Waals surface area contributed by atoms with Crippen molar-refractivity contribution in [2.75, 3.05) is 0 Å². The van der Waals surface area contributed by atoms with Gasteiger partial charge in [0.05, 0.1) is 0 Å². The molecule has 5 aromatic carbocycles. The van der Waals surface area contributed by atoms with Crippen LogP contribution < -0.4 is 10.4 Å². The van der Waals surface area contributed by atoms with Gasteiger partial charge in [-0.3, -0.25) is 4.79 Å². The molecular formula is C29H18O. The zero-order valence-corrected chi connectivity index (χ0v) is 16.4. The molecule has 0 N–H and O–H groups in total. The lowest BCUT2D eigenvalue weighted by Crippen LogP contribution is -2.23. The third-order valence-corrected chi connectivity index (χ3v) is 6.18. The number of ketones is 1. The lowest BCUT2D eigenvalue weighted by molar-refractivity contribution is 0.103. The summed E-state index contributed by atoms with van der Waals surface area (Å²) in [5, 5.41) is 6.82. The molecule has 0 aliphatic heterocycles. The van der Waals surface area contributed by atoms with E-state index in [-0.39, 0.29) is 5.78 Å². The Morgan fingerprint density at radius 1 is 0.467 bits per heavy atom. The van der Waals surface area contributed by atoms with Crippen LogP contribution in [0.15, 0.2) is 97.1 Å². The van der Waals surface area contributed by atoms with Gasteiger partial charge in [-0.2, -0.15) is 0 Å². The van der Waals surface area contributed by atoms with Crippen molar-refractivity contribution in [3.05, 3.63) is 130 Å². The number of carbonyl (C=O) groups excluding carboxylic acids is 1. The van der Waals surface area contributed by atoms with E-state index in [9.17, 15) is 4.79 Å². The molecule has 30 heavy (non-hydrogen) atoms. The highest BCUT2D eigenvalue weighted by Crippen LogP contribution is 2.35. The molecule has 0 atom stereocenters. The normalized spacial score (nSPS) is 12.8. The van der Waals surface area contributed by atoms with Crippen LogP contribution in [-0.2, 0) is 0 Å². The van der Waals surface area contributed by atoms with Crippen LogP contribution in [-0.4, -0.2) is 5.78 Å². The third-order valence-electron chi connectivity index (χ3n) is 6.18. The molecule has 5 aromatic rings. The first kappa shape index (κ1) is 16.9. The summed E-state index contributed by atoms with van der Waals surface area (Å²) >= 11 is 0. The molecule has 0 aromatic heterocycles. The first-order chi connectivity index (χ1) is 14.8. The van der Waals surface area contributed by atoms with Gasteiger partial charge >= 0.3 is 0 Å². The van der Waals surface area contributed by atoms with E-state index in [1.807, 2.05) is 36.4 Å². The van der Waals surface area contributed by atoms with Crippen LogP contribution in [0, 0.1) is 0 Å². The average molecular weight is 382 g/mol. The monoisotopic (exact) mass is 382 g/mol. The minimum absolute atomic E-state index is 0.0901. The van der Waals surface area contributed by atoms with Crippen molar-refractivity contribution in [2.45, 2.75) is 0 Å². The Hall–Kier alpha value is -3.97. The van der Waals surface area contributed by atoms with Gasteiger partial charge in [-0.1, -0.05) is 104 Å². The second kappa shape index (κ2) is 6.27. The summed E-state index contributed by atoms with van der Waals surface area (Å²) in [6.07, 6.45) is 0. The molecule has 0 saturated heterocycles. The quantitative estimate of drug-likeness (QED) is 0.330. The van der Waals surface area contributed by atoms with E-state index >= 15 is 0 Å². The predicted molar refractivity (Wildman–Crippen MR) is 124 cm³/mol. The zero-order chi connectivity index (χ0) is 20.2. The number of hydrogen-bond acceptors (Lipinski definition) is 1. The van der Waals surface area contributed by atoms with Gasteiger partial charge < -0.3 is 0 Å². The maximum atomic E-state index is 13.2. The van der Waals surface area contributed by atoms with Crippen molar-refractivity contribution in [1.82, 2.24) is 0 Å². The Balaban J connectivity index is 2.00. The van der Waals surface area contributed by atoms with E-state index in [4.69, 9.17) is 0 Å². The lowest BCUT2D eigenvalue weighted by atomic mass is 9.79. The molecule has 0 radical (unpaired) electrons. The van der Waals surface area contributed by atoms with Crippen LogP contribution in [0.2, 0.25) is 0 Å². The summed E-state index contributed by atoms with van der Waals surface area (Å²) in [7, 11) is 0. The smallest absolute Gasteiger partial charge is 0.194 e. The number of fused-ring (bicyclic) bond motifs is 4. The summed E-state index contributed by atoms with van der Waals surface area (Å²) in [6, 6.07) is 32.8. The molecule has 1 nitrogen and oxygen atoms in total. The van der Waals surface area contributed by atoms with Crippen molar-refractivity contribution in [1.29, 1.82) is 0 Å². The molecule has 140 valence electrons. The number of hydrogen-bond donors (Lipinski definition) is 0. The van der Waals surface area contributed by atoms with Crippen LogP contribution in [0.4, 0.5) is 0 Å². The molecule has 0 fully saturated rings. The first-order valence-corrected chi connectivity index (χ1v) is 10.1. The van der Waals surface area contributed by atoms with Crippen molar-refractivity contribution in [2.24, 2.45) is 0 Å². The highest BCUT2D eigenvalue weighted by Gasteiger charge is 2.27. The Morgan fingerprint density at radius 2 is 0.833 bits per heavy atom. The number of benzene rings is 5. The van der Waals surface area contributed by atoms with Crippen molar-refractivity contribution >= 4 is 39.5 Å². The molecule has 0 spiro atoms. The van der Waals surface area contributed by atoms with Gasteiger partial charge in [0.1, 0.15) is 0 Å². The van der Waals surface area contributed by atoms with Gasteiger partial charge in [0.15, 0.2) is 5.78 Å². The van der Waals surface area contributed by atoms with Crippen LogP contribution >= 0.6 is 0 Å². The molecule has 0 unspecified atom stereocenters. The maximum absolute atomic E-state index is 13.2. The summed E-state index contributed by atoms with van der Waals surface area (Å²) in [6.45, 7) is 4.40. The van der Waals surface area contributed by atoms with Gasteiger partial charge in [-0.15, -0.1) is 0 Å². The van der Waals surface area contributed by atoms with Crippen LogP contribution in [0.1, 0.15) is 27.0 Å². The molecule has 0 amide bonds. The summed E-state index contributed by atoms with van der Waals surface area (Å²) in [5.41, 5.74) is 4.63. The molecule has 6 rings (SSSR count). The largest absolute Gasteiger partial charge is 0.289 e. The minimum Gasteiger partial charge on any atom is -0.289 e. The van der Waals surface area contributed by atoms with Crippen molar-refractivity contribution in [3.63, 3.8) is 0 Å². The Labute approximate surface area is 174 Å². The van der Waals surface area contributed by atoms with Gasteiger partial charge in [0, 0.05) is 11.1 Å². The molecule has 1 aliphatic carbocycles. The molecule has 0 saturated carbocycles. The average Bonchev–Trinajstić information content (AvgIpc) is 2.81. The third kappa shape index (κ3) is 2.20. The van der Waals surface area contributed by atoms with Crippen molar-refractivity contribution in [3.8, 4) is 0 Å². The Kier molecular flexibility index (Phi) is 3.54. The Bertz CT molecular complexity index is 1510. The fourth-order valence-corrected chi connectivity index (χ4v) is 4.85.